The van der Waals surface area contributed by atoms with Crippen molar-refractivity contribution in [3.05, 3.63) is 24.0 Å². The molecule has 5 nitrogen and oxygen atoms in total. The summed E-state index contributed by atoms with van der Waals surface area (Å²) in [6, 6.07) is 3.62. The Bertz CT molecular complexity index is 414. The number of piperidine rings is 1. The second kappa shape index (κ2) is 6.56. The fourth-order valence-corrected chi connectivity index (χ4v) is 2.09. The summed E-state index contributed by atoms with van der Waals surface area (Å²) < 4.78 is 0. The Kier molecular flexibility index (Phi) is 5.37. The zero-order valence-electron chi connectivity index (χ0n) is 10.2. The fourth-order valence-electron chi connectivity index (χ4n) is 2.09. The molecule has 0 bridgehead atoms. The van der Waals surface area contributed by atoms with Gasteiger partial charge in [-0.3, -0.25) is 4.79 Å². The van der Waals surface area contributed by atoms with Crippen LogP contribution in [0.5, 0.6) is 5.75 Å². The van der Waals surface area contributed by atoms with Crippen LogP contribution in [-0.2, 0) is 0 Å². The molecule has 100 valence electrons. The molecule has 1 amide bonds. The molecule has 0 radical (unpaired) electrons. The maximum atomic E-state index is 11.9. The molecule has 2 heterocycles. The smallest absolute Gasteiger partial charge is 0.273 e. The number of aromatic hydroxyl groups is 1. The lowest BCUT2D eigenvalue weighted by Gasteiger charge is -2.28. The molecule has 1 aromatic rings. The van der Waals surface area contributed by atoms with Crippen LogP contribution in [0.2, 0.25) is 0 Å². The van der Waals surface area contributed by atoms with E-state index in [0.29, 0.717) is 6.04 Å². The Balaban J connectivity index is 0.00000162. The van der Waals surface area contributed by atoms with Crippen LogP contribution in [0.3, 0.4) is 0 Å². The van der Waals surface area contributed by atoms with E-state index in [2.05, 4.69) is 22.5 Å². The first-order chi connectivity index (χ1) is 8.16. The molecule has 1 fully saturated rings. The molecule has 1 aliphatic heterocycles. The molecule has 6 heteroatoms. The first-order valence-corrected chi connectivity index (χ1v) is 5.85. The Labute approximate surface area is 112 Å². The van der Waals surface area contributed by atoms with Gasteiger partial charge in [-0.2, -0.15) is 0 Å². The van der Waals surface area contributed by atoms with Crippen molar-refractivity contribution in [2.75, 3.05) is 6.54 Å². The summed E-state index contributed by atoms with van der Waals surface area (Å²) >= 11 is 0. The Morgan fingerprint density at radius 1 is 1.61 bits per heavy atom. The van der Waals surface area contributed by atoms with Crippen LogP contribution in [0.15, 0.2) is 18.3 Å². The minimum absolute atomic E-state index is 0. The third-order valence-electron chi connectivity index (χ3n) is 2.96. The summed E-state index contributed by atoms with van der Waals surface area (Å²) in [6.07, 6.45) is 3.31. The summed E-state index contributed by atoms with van der Waals surface area (Å²) in [7, 11) is 0. The molecule has 2 unspecified atom stereocenters. The van der Waals surface area contributed by atoms with Crippen LogP contribution in [0.25, 0.3) is 0 Å². The highest BCUT2D eigenvalue weighted by molar-refractivity contribution is 5.94. The van der Waals surface area contributed by atoms with Crippen LogP contribution in [-0.4, -0.2) is 34.6 Å². The second-order valence-electron chi connectivity index (χ2n) is 4.42. The third kappa shape index (κ3) is 3.58. The molecule has 2 rings (SSSR count). The van der Waals surface area contributed by atoms with Crippen molar-refractivity contribution in [1.82, 2.24) is 15.6 Å². The lowest BCUT2D eigenvalue weighted by atomic mass is 10.0. The van der Waals surface area contributed by atoms with Crippen molar-refractivity contribution in [2.24, 2.45) is 0 Å². The first-order valence-electron chi connectivity index (χ1n) is 5.85. The zero-order valence-corrected chi connectivity index (χ0v) is 11.0. The number of hydrogen-bond donors (Lipinski definition) is 3. The maximum absolute atomic E-state index is 11.9. The van der Waals surface area contributed by atoms with Gasteiger partial charge in [0, 0.05) is 18.3 Å². The van der Waals surface area contributed by atoms with Gasteiger partial charge in [0.05, 0.1) is 0 Å². The van der Waals surface area contributed by atoms with E-state index in [1.54, 1.807) is 6.07 Å². The van der Waals surface area contributed by atoms with E-state index in [4.69, 9.17) is 0 Å². The molecule has 2 atom stereocenters. The fraction of sp³-hybridized carbons (Fsp3) is 0.500. The first kappa shape index (κ1) is 14.7. The molecular weight excluding hydrogens is 254 g/mol. The summed E-state index contributed by atoms with van der Waals surface area (Å²) in [5.41, 5.74) is 0.0960. The predicted molar refractivity (Wildman–Crippen MR) is 71.1 cm³/mol. The number of carbonyl (C=O) groups is 1. The maximum Gasteiger partial charge on any atom is 0.273 e. The molecule has 0 saturated carbocycles. The van der Waals surface area contributed by atoms with Gasteiger partial charge in [-0.1, -0.05) is 0 Å². The van der Waals surface area contributed by atoms with Crippen LogP contribution >= 0.6 is 12.4 Å². The summed E-state index contributed by atoms with van der Waals surface area (Å²) in [6.45, 7) is 3.00. The van der Waals surface area contributed by atoms with Gasteiger partial charge in [0.1, 0.15) is 5.75 Å². The molecule has 1 saturated heterocycles. The number of hydrogen-bond acceptors (Lipinski definition) is 4. The number of halogens is 1. The number of nitrogens with zero attached hydrogens (tertiary/aromatic N) is 1. The molecule has 0 spiro atoms. The minimum atomic E-state index is -0.304. The number of aromatic nitrogens is 1. The Morgan fingerprint density at radius 2 is 2.39 bits per heavy atom. The molecule has 0 aliphatic carbocycles. The second-order valence-corrected chi connectivity index (χ2v) is 4.42. The molecule has 1 aliphatic rings. The number of carbonyl (C=O) groups excluding carboxylic acids is 1. The molecular formula is C12H18ClN3O2. The average molecular weight is 272 g/mol. The standard InChI is InChI=1S/C12H17N3O2.ClH/c1-8-7-9(4-6-13-8)15-12(17)11-10(16)3-2-5-14-11;/h2-3,5,8-9,13,16H,4,6-7H2,1H3,(H,15,17);1H. The summed E-state index contributed by atoms with van der Waals surface area (Å²) in [4.78, 5) is 15.8. The zero-order chi connectivity index (χ0) is 12.3. The molecule has 18 heavy (non-hydrogen) atoms. The van der Waals surface area contributed by atoms with Crippen LogP contribution in [0.1, 0.15) is 30.3 Å². The van der Waals surface area contributed by atoms with E-state index < -0.39 is 0 Å². The summed E-state index contributed by atoms with van der Waals surface area (Å²) in [5, 5.41) is 15.8. The van der Waals surface area contributed by atoms with Crippen molar-refractivity contribution in [1.29, 1.82) is 0 Å². The number of amides is 1. The largest absolute Gasteiger partial charge is 0.505 e. The normalized spacial score (nSPS) is 22.9. The van der Waals surface area contributed by atoms with Gasteiger partial charge in [-0.25, -0.2) is 4.98 Å². The van der Waals surface area contributed by atoms with Crippen LogP contribution < -0.4 is 10.6 Å². The molecule has 3 N–H and O–H groups in total. The average Bonchev–Trinajstić information content (AvgIpc) is 2.29. The number of pyridine rings is 1. The quantitative estimate of drug-likeness (QED) is 0.753. The van der Waals surface area contributed by atoms with Gasteiger partial charge in [0.2, 0.25) is 0 Å². The van der Waals surface area contributed by atoms with E-state index in [1.807, 2.05) is 0 Å². The molecule has 1 aromatic heterocycles. The van der Waals surface area contributed by atoms with Crippen molar-refractivity contribution in [2.45, 2.75) is 31.8 Å². The van der Waals surface area contributed by atoms with Gasteiger partial charge < -0.3 is 15.7 Å². The van der Waals surface area contributed by atoms with Crippen LogP contribution in [0, 0.1) is 0 Å². The van der Waals surface area contributed by atoms with Gasteiger partial charge in [-0.05, 0) is 38.4 Å². The minimum Gasteiger partial charge on any atom is -0.505 e. The van der Waals surface area contributed by atoms with E-state index in [1.165, 1.54) is 12.3 Å². The Hall–Kier alpha value is -1.33. The highest BCUT2D eigenvalue weighted by Crippen LogP contribution is 2.14. The lowest BCUT2D eigenvalue weighted by molar-refractivity contribution is 0.0917. The van der Waals surface area contributed by atoms with Gasteiger partial charge in [0.25, 0.3) is 5.91 Å². The van der Waals surface area contributed by atoms with Gasteiger partial charge in [-0.15, -0.1) is 12.4 Å². The predicted octanol–water partition coefficient (Wildman–Crippen LogP) is 1.08. The van der Waals surface area contributed by atoms with E-state index in [-0.39, 0.29) is 35.8 Å². The SMILES string of the molecule is CC1CC(NC(=O)c2ncccc2O)CCN1.Cl. The Morgan fingerprint density at radius 3 is 3.06 bits per heavy atom. The van der Waals surface area contributed by atoms with Crippen LogP contribution in [0.4, 0.5) is 0 Å². The van der Waals surface area contributed by atoms with Crippen molar-refractivity contribution in [3.63, 3.8) is 0 Å². The van der Waals surface area contributed by atoms with Gasteiger partial charge >= 0.3 is 0 Å². The third-order valence-corrected chi connectivity index (χ3v) is 2.96. The summed E-state index contributed by atoms with van der Waals surface area (Å²) in [5.74, 6) is -0.380. The highest BCUT2D eigenvalue weighted by Gasteiger charge is 2.22. The topological polar surface area (TPSA) is 74.2 Å². The highest BCUT2D eigenvalue weighted by atomic mass is 35.5. The lowest BCUT2D eigenvalue weighted by Crippen LogP contribution is -2.46. The molecule has 0 aromatic carbocycles. The van der Waals surface area contributed by atoms with Crippen molar-refractivity contribution >= 4 is 18.3 Å². The van der Waals surface area contributed by atoms with E-state index >= 15 is 0 Å². The van der Waals surface area contributed by atoms with Gasteiger partial charge in [0.15, 0.2) is 5.69 Å². The van der Waals surface area contributed by atoms with Crippen molar-refractivity contribution < 1.29 is 9.90 Å². The monoisotopic (exact) mass is 271 g/mol. The van der Waals surface area contributed by atoms with E-state index in [0.717, 1.165) is 19.4 Å². The van der Waals surface area contributed by atoms with Crippen molar-refractivity contribution in [3.8, 4) is 5.75 Å². The number of nitrogens with one attached hydrogen (secondary N) is 2. The number of rotatable bonds is 2. The van der Waals surface area contributed by atoms with E-state index in [9.17, 15) is 9.90 Å².